The summed E-state index contributed by atoms with van der Waals surface area (Å²) in [5, 5.41) is 3.01. The fraction of sp³-hybridized carbons (Fsp3) is 1.00. The Morgan fingerprint density at radius 1 is 1.56 bits per heavy atom. The molecule has 0 amide bonds. The maximum Gasteiger partial charge on any atom is 0.240 e. The third-order valence-corrected chi connectivity index (χ3v) is 1.63. The molecule has 0 bridgehead atoms. The van der Waals surface area contributed by atoms with Crippen molar-refractivity contribution in [3.8, 4) is 0 Å². The molecule has 9 heavy (non-hydrogen) atoms. The highest BCUT2D eigenvalue weighted by atomic mass is 19.3. The summed E-state index contributed by atoms with van der Waals surface area (Å²) in [4.78, 5) is 0. The molecule has 0 radical (unpaired) electrons. The number of rotatable bonds is 2. The van der Waals surface area contributed by atoms with Gasteiger partial charge in [0.25, 0.3) is 0 Å². The number of alkyl halides is 2. The minimum absolute atomic E-state index is 0.0278. The summed E-state index contributed by atoms with van der Waals surface area (Å²) in [6.45, 7) is 0.914. The SMILES string of the molecule is FC(F)CC1CCCN1. The van der Waals surface area contributed by atoms with E-state index in [0.717, 1.165) is 19.4 Å². The molecule has 1 aliphatic heterocycles. The summed E-state index contributed by atoms with van der Waals surface area (Å²) in [5.41, 5.74) is 0. The molecule has 1 atom stereocenters. The van der Waals surface area contributed by atoms with Gasteiger partial charge in [0.15, 0.2) is 0 Å². The predicted molar refractivity (Wildman–Crippen MR) is 31.6 cm³/mol. The zero-order valence-corrected chi connectivity index (χ0v) is 5.24. The topological polar surface area (TPSA) is 12.0 Å². The molecule has 0 aromatic rings. The maximum atomic E-state index is 11.6. The van der Waals surface area contributed by atoms with Crippen molar-refractivity contribution in [1.29, 1.82) is 0 Å². The van der Waals surface area contributed by atoms with Crippen LogP contribution in [0, 0.1) is 0 Å². The van der Waals surface area contributed by atoms with E-state index in [-0.39, 0.29) is 12.5 Å². The van der Waals surface area contributed by atoms with Crippen molar-refractivity contribution in [3.63, 3.8) is 0 Å². The van der Waals surface area contributed by atoms with Crippen LogP contribution in [0.15, 0.2) is 0 Å². The lowest BCUT2D eigenvalue weighted by Crippen LogP contribution is -2.23. The molecule has 0 aromatic heterocycles. The maximum absolute atomic E-state index is 11.6. The van der Waals surface area contributed by atoms with E-state index in [1.165, 1.54) is 0 Å². The van der Waals surface area contributed by atoms with Gasteiger partial charge in [0.2, 0.25) is 6.43 Å². The van der Waals surface area contributed by atoms with Gasteiger partial charge in [-0.25, -0.2) is 8.78 Å². The Hall–Kier alpha value is -0.180. The highest BCUT2D eigenvalue weighted by molar-refractivity contribution is 4.74. The van der Waals surface area contributed by atoms with Crippen LogP contribution in [0.1, 0.15) is 19.3 Å². The number of nitrogens with one attached hydrogen (secondary N) is 1. The van der Waals surface area contributed by atoms with Crippen LogP contribution >= 0.6 is 0 Å². The van der Waals surface area contributed by atoms with Crippen LogP contribution in [-0.2, 0) is 0 Å². The normalized spacial score (nSPS) is 27.7. The number of hydrogen-bond acceptors (Lipinski definition) is 1. The molecule has 54 valence electrons. The molecule has 1 N–H and O–H groups in total. The van der Waals surface area contributed by atoms with Gasteiger partial charge in [0, 0.05) is 12.5 Å². The van der Waals surface area contributed by atoms with Gasteiger partial charge in [0.05, 0.1) is 0 Å². The largest absolute Gasteiger partial charge is 0.314 e. The van der Waals surface area contributed by atoms with E-state index in [1.54, 1.807) is 0 Å². The fourth-order valence-corrected chi connectivity index (χ4v) is 1.17. The van der Waals surface area contributed by atoms with Crippen molar-refractivity contribution >= 4 is 0 Å². The van der Waals surface area contributed by atoms with Crippen LogP contribution in [0.3, 0.4) is 0 Å². The minimum atomic E-state index is -2.14. The zero-order valence-electron chi connectivity index (χ0n) is 5.24. The second-order valence-electron chi connectivity index (χ2n) is 2.42. The summed E-state index contributed by atoms with van der Waals surface area (Å²) < 4.78 is 23.3. The Balaban J connectivity index is 2.11. The summed E-state index contributed by atoms with van der Waals surface area (Å²) in [5.74, 6) is 0. The lowest BCUT2D eigenvalue weighted by atomic mass is 10.2. The van der Waals surface area contributed by atoms with E-state index in [4.69, 9.17) is 0 Å². The first-order valence-corrected chi connectivity index (χ1v) is 3.30. The van der Waals surface area contributed by atoms with Gasteiger partial charge in [-0.05, 0) is 19.4 Å². The predicted octanol–water partition coefficient (Wildman–Crippen LogP) is 1.39. The van der Waals surface area contributed by atoms with Gasteiger partial charge < -0.3 is 5.32 Å². The quantitative estimate of drug-likeness (QED) is 0.603. The molecule has 0 saturated carbocycles. The third-order valence-electron chi connectivity index (χ3n) is 1.63. The van der Waals surface area contributed by atoms with Gasteiger partial charge in [-0.2, -0.15) is 0 Å². The lowest BCUT2D eigenvalue weighted by molar-refractivity contribution is 0.125. The molecule has 1 heterocycles. The van der Waals surface area contributed by atoms with Crippen LogP contribution in [-0.4, -0.2) is 19.0 Å². The first-order valence-electron chi connectivity index (χ1n) is 3.30. The van der Waals surface area contributed by atoms with Crippen LogP contribution in [0.2, 0.25) is 0 Å². The van der Waals surface area contributed by atoms with E-state index in [1.807, 2.05) is 0 Å². The average Bonchev–Trinajstić information content (AvgIpc) is 2.15. The molecule has 1 saturated heterocycles. The standard InChI is InChI=1S/C6H11F2N/c7-6(8)4-5-2-1-3-9-5/h5-6,9H,1-4H2. The van der Waals surface area contributed by atoms with E-state index in [9.17, 15) is 8.78 Å². The summed E-state index contributed by atoms with van der Waals surface area (Å²) in [6, 6.07) is 0.0880. The summed E-state index contributed by atoms with van der Waals surface area (Å²) in [6.07, 6.45) is -0.137. The van der Waals surface area contributed by atoms with Gasteiger partial charge in [-0.1, -0.05) is 0 Å². The lowest BCUT2D eigenvalue weighted by Gasteiger charge is -2.07. The highest BCUT2D eigenvalue weighted by Gasteiger charge is 2.17. The fourth-order valence-electron chi connectivity index (χ4n) is 1.17. The second-order valence-corrected chi connectivity index (χ2v) is 2.42. The first-order chi connectivity index (χ1) is 4.29. The minimum Gasteiger partial charge on any atom is -0.314 e. The molecule has 3 heteroatoms. The second kappa shape index (κ2) is 3.11. The molecular formula is C6H11F2N. The molecule has 0 spiro atoms. The van der Waals surface area contributed by atoms with Crippen LogP contribution < -0.4 is 5.32 Å². The van der Waals surface area contributed by atoms with E-state index < -0.39 is 6.43 Å². The molecule has 1 fully saturated rings. The van der Waals surface area contributed by atoms with Crippen molar-refractivity contribution in [2.24, 2.45) is 0 Å². The van der Waals surface area contributed by atoms with Crippen molar-refractivity contribution in [1.82, 2.24) is 5.32 Å². The van der Waals surface area contributed by atoms with Gasteiger partial charge in [0.1, 0.15) is 0 Å². The van der Waals surface area contributed by atoms with Crippen molar-refractivity contribution in [2.75, 3.05) is 6.54 Å². The number of halogens is 2. The zero-order chi connectivity index (χ0) is 6.69. The Morgan fingerprint density at radius 3 is 2.78 bits per heavy atom. The summed E-state index contributed by atoms with van der Waals surface area (Å²) >= 11 is 0. The van der Waals surface area contributed by atoms with Gasteiger partial charge >= 0.3 is 0 Å². The Morgan fingerprint density at radius 2 is 2.33 bits per heavy atom. The van der Waals surface area contributed by atoms with E-state index >= 15 is 0 Å². The smallest absolute Gasteiger partial charge is 0.240 e. The Labute approximate surface area is 53.4 Å². The molecule has 0 aliphatic carbocycles. The molecule has 0 aromatic carbocycles. The van der Waals surface area contributed by atoms with Gasteiger partial charge in [-0.15, -0.1) is 0 Å². The Bertz CT molecular complexity index is 79.1. The molecule has 1 aliphatic rings. The van der Waals surface area contributed by atoms with E-state index in [2.05, 4.69) is 5.32 Å². The third kappa shape index (κ3) is 2.26. The van der Waals surface area contributed by atoms with Crippen molar-refractivity contribution < 1.29 is 8.78 Å². The van der Waals surface area contributed by atoms with Crippen LogP contribution in [0.4, 0.5) is 8.78 Å². The van der Waals surface area contributed by atoms with Crippen molar-refractivity contribution in [2.45, 2.75) is 31.7 Å². The first kappa shape index (κ1) is 6.93. The van der Waals surface area contributed by atoms with E-state index in [0.29, 0.717) is 0 Å². The highest BCUT2D eigenvalue weighted by Crippen LogP contribution is 2.12. The molecular weight excluding hydrogens is 124 g/mol. The Kier molecular flexibility index (Phi) is 2.39. The summed E-state index contributed by atoms with van der Waals surface area (Å²) in [7, 11) is 0. The van der Waals surface area contributed by atoms with Gasteiger partial charge in [-0.3, -0.25) is 0 Å². The van der Waals surface area contributed by atoms with Crippen molar-refractivity contribution in [3.05, 3.63) is 0 Å². The average molecular weight is 135 g/mol. The molecule has 1 unspecified atom stereocenters. The van der Waals surface area contributed by atoms with Crippen LogP contribution in [0.25, 0.3) is 0 Å². The molecule has 1 nitrogen and oxygen atoms in total. The monoisotopic (exact) mass is 135 g/mol. The van der Waals surface area contributed by atoms with Crippen LogP contribution in [0.5, 0.6) is 0 Å². The number of hydrogen-bond donors (Lipinski definition) is 1. The molecule has 1 rings (SSSR count).